The highest BCUT2D eigenvalue weighted by atomic mass is 16.2. The molecular weight excluding hydrogens is 362 g/mol. The molecule has 2 saturated heterocycles. The number of nitrogens with zero attached hydrogens (tertiary/aromatic N) is 3. The zero-order valence-corrected chi connectivity index (χ0v) is 17.3. The van der Waals surface area contributed by atoms with Gasteiger partial charge in [-0.3, -0.25) is 14.6 Å². The van der Waals surface area contributed by atoms with Gasteiger partial charge in [-0.2, -0.15) is 0 Å². The van der Waals surface area contributed by atoms with Crippen LogP contribution in [0.25, 0.3) is 0 Å². The standard InChI is InChI=1S/C24H29N3O2/c1-17-7-6-9-21(18(17)2)27-16-20(15-23(27)28)24(29)26-14-5-3-4-8-22(26)19-10-12-25-13-11-19/h6-7,9-13,20,22H,3-5,8,14-16H2,1-2H3. The largest absolute Gasteiger partial charge is 0.335 e. The number of hydrogen-bond donors (Lipinski definition) is 0. The molecule has 29 heavy (non-hydrogen) atoms. The Hall–Kier alpha value is -2.69. The molecule has 2 aromatic rings. The van der Waals surface area contributed by atoms with Gasteiger partial charge in [0.2, 0.25) is 11.8 Å². The van der Waals surface area contributed by atoms with E-state index in [1.165, 1.54) is 0 Å². The molecule has 0 saturated carbocycles. The molecule has 2 atom stereocenters. The summed E-state index contributed by atoms with van der Waals surface area (Å²) in [5.74, 6) is -0.105. The highest BCUT2D eigenvalue weighted by Gasteiger charge is 2.39. The van der Waals surface area contributed by atoms with Crippen LogP contribution in [0.4, 0.5) is 5.69 Å². The maximum atomic E-state index is 13.5. The molecule has 3 heterocycles. The molecule has 1 aromatic heterocycles. The number of carbonyl (C=O) groups excluding carboxylic acids is 2. The molecule has 2 unspecified atom stereocenters. The van der Waals surface area contributed by atoms with Gasteiger partial charge in [0.1, 0.15) is 0 Å². The molecule has 2 aliphatic heterocycles. The first kappa shape index (κ1) is 19.6. The lowest BCUT2D eigenvalue weighted by molar-refractivity contribution is -0.138. The maximum absolute atomic E-state index is 13.5. The fourth-order valence-electron chi connectivity index (χ4n) is 4.67. The average Bonchev–Trinajstić information content (AvgIpc) is 2.96. The summed E-state index contributed by atoms with van der Waals surface area (Å²) in [4.78, 5) is 34.3. The number of benzene rings is 1. The summed E-state index contributed by atoms with van der Waals surface area (Å²) in [7, 11) is 0. The van der Waals surface area contributed by atoms with Crippen LogP contribution in [-0.2, 0) is 9.59 Å². The zero-order chi connectivity index (χ0) is 20.4. The number of carbonyl (C=O) groups is 2. The van der Waals surface area contributed by atoms with E-state index in [4.69, 9.17) is 0 Å². The van der Waals surface area contributed by atoms with Crippen molar-refractivity contribution in [1.82, 2.24) is 9.88 Å². The Balaban J connectivity index is 1.56. The highest BCUT2D eigenvalue weighted by molar-refractivity contribution is 6.01. The van der Waals surface area contributed by atoms with E-state index >= 15 is 0 Å². The summed E-state index contributed by atoms with van der Waals surface area (Å²) in [6.45, 7) is 5.33. The van der Waals surface area contributed by atoms with Gasteiger partial charge in [0.05, 0.1) is 12.0 Å². The van der Waals surface area contributed by atoms with Crippen LogP contribution in [0.3, 0.4) is 0 Å². The molecule has 5 heteroatoms. The third kappa shape index (κ3) is 3.91. The second-order valence-electron chi connectivity index (χ2n) is 8.30. The molecule has 0 spiro atoms. The molecule has 0 bridgehead atoms. The van der Waals surface area contributed by atoms with Gasteiger partial charge in [0.25, 0.3) is 0 Å². The number of likely N-dealkylation sites (tertiary alicyclic amines) is 1. The predicted octanol–water partition coefficient (Wildman–Crippen LogP) is 4.20. The van der Waals surface area contributed by atoms with Crippen LogP contribution in [0.5, 0.6) is 0 Å². The Morgan fingerprint density at radius 2 is 1.86 bits per heavy atom. The summed E-state index contributed by atoms with van der Waals surface area (Å²) in [6, 6.07) is 10.1. The van der Waals surface area contributed by atoms with Crippen LogP contribution in [-0.4, -0.2) is 34.8 Å². The van der Waals surface area contributed by atoms with Crippen LogP contribution >= 0.6 is 0 Å². The first-order chi connectivity index (χ1) is 14.1. The predicted molar refractivity (Wildman–Crippen MR) is 114 cm³/mol. The Bertz CT molecular complexity index is 896. The van der Waals surface area contributed by atoms with Gasteiger partial charge >= 0.3 is 0 Å². The zero-order valence-electron chi connectivity index (χ0n) is 17.3. The molecule has 152 valence electrons. The maximum Gasteiger partial charge on any atom is 0.228 e. The quantitative estimate of drug-likeness (QED) is 0.788. The van der Waals surface area contributed by atoms with E-state index < -0.39 is 0 Å². The van der Waals surface area contributed by atoms with Crippen molar-refractivity contribution in [2.24, 2.45) is 5.92 Å². The monoisotopic (exact) mass is 391 g/mol. The van der Waals surface area contributed by atoms with Crippen LogP contribution < -0.4 is 4.90 Å². The van der Waals surface area contributed by atoms with Gasteiger partial charge in [-0.15, -0.1) is 0 Å². The van der Waals surface area contributed by atoms with Crippen LogP contribution in [0.1, 0.15) is 54.8 Å². The number of rotatable bonds is 3. The molecule has 2 fully saturated rings. The topological polar surface area (TPSA) is 53.5 Å². The number of anilines is 1. The summed E-state index contributed by atoms with van der Waals surface area (Å²) in [5, 5.41) is 0. The minimum atomic E-state index is -0.273. The Labute approximate surface area is 172 Å². The summed E-state index contributed by atoms with van der Waals surface area (Å²) >= 11 is 0. The molecule has 0 N–H and O–H groups in total. The molecular formula is C24H29N3O2. The second kappa shape index (κ2) is 8.36. The highest BCUT2D eigenvalue weighted by Crippen LogP contribution is 2.35. The lowest BCUT2D eigenvalue weighted by atomic mass is 9.99. The molecule has 4 rings (SSSR count). The van der Waals surface area contributed by atoms with Gasteiger partial charge in [-0.05, 0) is 61.6 Å². The number of aromatic nitrogens is 1. The van der Waals surface area contributed by atoms with E-state index in [-0.39, 0.29) is 23.8 Å². The van der Waals surface area contributed by atoms with Gasteiger partial charge in [0.15, 0.2) is 0 Å². The van der Waals surface area contributed by atoms with E-state index in [0.717, 1.165) is 54.6 Å². The fourth-order valence-corrected chi connectivity index (χ4v) is 4.67. The summed E-state index contributed by atoms with van der Waals surface area (Å²) in [6.07, 6.45) is 8.14. The van der Waals surface area contributed by atoms with Gasteiger partial charge in [0, 0.05) is 37.6 Å². The van der Waals surface area contributed by atoms with E-state index in [1.807, 2.05) is 41.0 Å². The third-order valence-electron chi connectivity index (χ3n) is 6.47. The smallest absolute Gasteiger partial charge is 0.228 e. The van der Waals surface area contributed by atoms with Crippen molar-refractivity contribution in [2.45, 2.75) is 52.0 Å². The SMILES string of the molecule is Cc1cccc(N2CC(C(=O)N3CCCCCC3c3ccncc3)CC2=O)c1C. The second-order valence-corrected chi connectivity index (χ2v) is 8.30. The molecule has 2 amide bonds. The Kier molecular flexibility index (Phi) is 5.65. The Morgan fingerprint density at radius 1 is 1.07 bits per heavy atom. The molecule has 0 radical (unpaired) electrons. The molecule has 2 aliphatic rings. The van der Waals surface area contributed by atoms with Crippen molar-refractivity contribution in [3.63, 3.8) is 0 Å². The van der Waals surface area contributed by atoms with Crippen LogP contribution in [0, 0.1) is 19.8 Å². The average molecular weight is 392 g/mol. The van der Waals surface area contributed by atoms with Crippen molar-refractivity contribution in [1.29, 1.82) is 0 Å². The van der Waals surface area contributed by atoms with E-state index in [1.54, 1.807) is 12.4 Å². The number of amides is 2. The van der Waals surface area contributed by atoms with E-state index in [0.29, 0.717) is 13.0 Å². The van der Waals surface area contributed by atoms with Gasteiger partial charge in [-0.1, -0.05) is 25.0 Å². The minimum Gasteiger partial charge on any atom is -0.335 e. The first-order valence-corrected chi connectivity index (χ1v) is 10.6. The van der Waals surface area contributed by atoms with Crippen LogP contribution in [0.15, 0.2) is 42.7 Å². The van der Waals surface area contributed by atoms with Crippen molar-refractivity contribution >= 4 is 17.5 Å². The van der Waals surface area contributed by atoms with Gasteiger partial charge in [-0.25, -0.2) is 0 Å². The first-order valence-electron chi connectivity index (χ1n) is 10.6. The lowest BCUT2D eigenvalue weighted by Gasteiger charge is -2.32. The van der Waals surface area contributed by atoms with Crippen LogP contribution in [0.2, 0.25) is 0 Å². The molecule has 5 nitrogen and oxygen atoms in total. The number of aryl methyl sites for hydroxylation is 1. The Morgan fingerprint density at radius 3 is 2.66 bits per heavy atom. The van der Waals surface area contributed by atoms with E-state index in [9.17, 15) is 9.59 Å². The number of pyridine rings is 1. The van der Waals surface area contributed by atoms with Crippen molar-refractivity contribution < 1.29 is 9.59 Å². The van der Waals surface area contributed by atoms with Crippen molar-refractivity contribution in [2.75, 3.05) is 18.0 Å². The molecule has 0 aliphatic carbocycles. The third-order valence-corrected chi connectivity index (χ3v) is 6.47. The fraction of sp³-hybridized carbons (Fsp3) is 0.458. The van der Waals surface area contributed by atoms with E-state index in [2.05, 4.69) is 18.0 Å². The minimum absolute atomic E-state index is 0.0485. The molecule has 1 aromatic carbocycles. The van der Waals surface area contributed by atoms with Gasteiger partial charge < -0.3 is 9.80 Å². The number of hydrogen-bond acceptors (Lipinski definition) is 3. The normalized spacial score (nSPS) is 22.6. The summed E-state index contributed by atoms with van der Waals surface area (Å²) < 4.78 is 0. The lowest BCUT2D eigenvalue weighted by Crippen LogP contribution is -2.40. The van der Waals surface area contributed by atoms with Crippen molar-refractivity contribution in [3.8, 4) is 0 Å². The summed E-state index contributed by atoms with van der Waals surface area (Å²) in [5.41, 5.74) is 4.35. The van der Waals surface area contributed by atoms with Crippen molar-refractivity contribution in [3.05, 3.63) is 59.4 Å².